The molecule has 1 fully saturated rings. The van der Waals surface area contributed by atoms with Crippen LogP contribution in [0.25, 0.3) is 0 Å². The molecule has 32 heavy (non-hydrogen) atoms. The predicted octanol–water partition coefficient (Wildman–Crippen LogP) is 3.05. The molecule has 0 saturated carbocycles. The molecule has 1 N–H and O–H groups in total. The van der Waals surface area contributed by atoms with E-state index in [1.807, 2.05) is 11.6 Å². The summed E-state index contributed by atoms with van der Waals surface area (Å²) in [5.41, 5.74) is 2.12. The van der Waals surface area contributed by atoms with E-state index in [-0.39, 0.29) is 23.5 Å². The van der Waals surface area contributed by atoms with Crippen LogP contribution in [-0.4, -0.2) is 48.0 Å². The fraction of sp³-hybridized carbons (Fsp3) is 0.522. The van der Waals surface area contributed by atoms with Gasteiger partial charge in [0.05, 0.1) is 29.1 Å². The number of nitrogens with zero attached hydrogens (tertiary/aromatic N) is 2. The Bertz CT molecular complexity index is 995. The van der Waals surface area contributed by atoms with E-state index in [0.717, 1.165) is 42.8 Å². The quantitative estimate of drug-likeness (QED) is 0.544. The molecule has 0 unspecified atom stereocenters. The Kier molecular flexibility index (Phi) is 6.55. The van der Waals surface area contributed by atoms with Gasteiger partial charge >= 0.3 is 5.97 Å². The molecule has 2 aliphatic rings. The molecule has 1 amide bonds. The molecular weight excluding hydrogens is 420 g/mol. The Labute approximate surface area is 185 Å². The number of hydrogen-bond acceptors (Lipinski definition) is 5. The summed E-state index contributed by atoms with van der Waals surface area (Å²) in [6, 6.07) is 2.59. The molecule has 1 saturated heterocycles. The topological polar surface area (TPSA) is 82.5 Å². The molecule has 0 bridgehead atoms. The summed E-state index contributed by atoms with van der Waals surface area (Å²) in [6.45, 7) is 4.47. The molecule has 1 aromatic heterocycles. The lowest BCUT2D eigenvalue weighted by atomic mass is 9.76. The van der Waals surface area contributed by atoms with Gasteiger partial charge in [-0.1, -0.05) is 6.92 Å². The Hall–Kier alpha value is -2.81. The first kappa shape index (κ1) is 22.4. The number of rotatable bonds is 6. The molecule has 9 heteroatoms. The number of fused-ring (bicyclic) bond motifs is 1. The highest BCUT2D eigenvalue weighted by Gasteiger charge is 2.39. The highest BCUT2D eigenvalue weighted by atomic mass is 19.1. The molecule has 1 spiro atoms. The van der Waals surface area contributed by atoms with Crippen LogP contribution >= 0.6 is 0 Å². The second kappa shape index (κ2) is 9.36. The number of amides is 1. The van der Waals surface area contributed by atoms with Crippen LogP contribution in [0.4, 0.5) is 8.78 Å². The average Bonchev–Trinajstić information content (AvgIpc) is 3.05. The lowest BCUT2D eigenvalue weighted by Crippen LogP contribution is -2.40. The molecule has 172 valence electrons. The zero-order valence-corrected chi connectivity index (χ0v) is 18.1. The number of aromatic nitrogens is 2. The molecule has 3 heterocycles. The van der Waals surface area contributed by atoms with Gasteiger partial charge in [0.1, 0.15) is 11.6 Å². The van der Waals surface area contributed by atoms with E-state index in [1.54, 1.807) is 0 Å². The van der Waals surface area contributed by atoms with Crippen LogP contribution in [-0.2, 0) is 28.9 Å². The van der Waals surface area contributed by atoms with Gasteiger partial charge in [0.2, 0.25) is 0 Å². The zero-order valence-electron chi connectivity index (χ0n) is 18.1. The minimum atomic E-state index is -0.830. The van der Waals surface area contributed by atoms with Crippen LogP contribution in [0.2, 0.25) is 0 Å². The van der Waals surface area contributed by atoms with Crippen molar-refractivity contribution in [3.8, 4) is 0 Å². The normalized spacial score (nSPS) is 17.5. The van der Waals surface area contributed by atoms with Crippen LogP contribution in [0.15, 0.2) is 18.2 Å². The van der Waals surface area contributed by atoms with Crippen molar-refractivity contribution in [1.82, 2.24) is 15.1 Å². The van der Waals surface area contributed by atoms with Crippen molar-refractivity contribution in [2.45, 2.75) is 45.6 Å². The minimum Gasteiger partial charge on any atom is -0.462 e. The van der Waals surface area contributed by atoms with Gasteiger partial charge in [-0.15, -0.1) is 0 Å². The van der Waals surface area contributed by atoms with Crippen LogP contribution in [0.1, 0.15) is 58.3 Å². The van der Waals surface area contributed by atoms with Gasteiger partial charge in [0.25, 0.3) is 5.91 Å². The van der Waals surface area contributed by atoms with Gasteiger partial charge in [-0.3, -0.25) is 9.48 Å². The number of hydrogen-bond donors (Lipinski definition) is 1. The summed E-state index contributed by atoms with van der Waals surface area (Å²) in [4.78, 5) is 24.9. The Morgan fingerprint density at radius 1 is 1.25 bits per heavy atom. The number of aryl methyl sites for hydroxylation is 2. The summed E-state index contributed by atoms with van der Waals surface area (Å²) >= 11 is 0. The maximum Gasteiger partial charge on any atom is 0.338 e. The van der Waals surface area contributed by atoms with E-state index in [0.29, 0.717) is 50.8 Å². The molecular formula is C23H27F2N3O4. The molecule has 2 aromatic rings. The SMILES string of the molecule is CCc1nn(CCCOC(=O)c2cc(F)cc(F)c2)c2c1C(=O)NCC1(CCOCC1)C2. The molecule has 7 nitrogen and oxygen atoms in total. The van der Waals surface area contributed by atoms with Gasteiger partial charge in [-0.05, 0) is 43.2 Å². The number of carbonyl (C=O) groups excluding carboxylic acids is 2. The van der Waals surface area contributed by atoms with E-state index in [4.69, 9.17) is 9.47 Å². The minimum absolute atomic E-state index is 0.0458. The predicted molar refractivity (Wildman–Crippen MR) is 111 cm³/mol. The first-order chi connectivity index (χ1) is 15.4. The standard InChI is InChI=1S/C23H27F2N3O4/c1-2-18-20-19(13-23(14-26-21(20)29)4-8-31-9-5-23)28(27-18)6-3-7-32-22(30)15-10-16(24)12-17(25)11-15/h10-12H,2-9,13-14H2,1H3,(H,26,29). The van der Waals surface area contributed by atoms with Gasteiger partial charge in [-0.2, -0.15) is 5.10 Å². The first-order valence-corrected chi connectivity index (χ1v) is 11.0. The molecule has 1 aromatic carbocycles. The van der Waals surface area contributed by atoms with Crippen molar-refractivity contribution >= 4 is 11.9 Å². The van der Waals surface area contributed by atoms with Crippen LogP contribution in [0.5, 0.6) is 0 Å². The highest BCUT2D eigenvalue weighted by molar-refractivity contribution is 5.97. The van der Waals surface area contributed by atoms with E-state index in [2.05, 4.69) is 10.4 Å². The number of ether oxygens (including phenoxy) is 2. The van der Waals surface area contributed by atoms with Gasteiger partial charge < -0.3 is 14.8 Å². The van der Waals surface area contributed by atoms with Crippen molar-refractivity contribution in [3.63, 3.8) is 0 Å². The van der Waals surface area contributed by atoms with E-state index >= 15 is 0 Å². The van der Waals surface area contributed by atoms with Crippen molar-refractivity contribution < 1.29 is 27.8 Å². The maximum absolute atomic E-state index is 13.3. The van der Waals surface area contributed by atoms with Crippen LogP contribution in [0.3, 0.4) is 0 Å². The largest absolute Gasteiger partial charge is 0.462 e. The van der Waals surface area contributed by atoms with Crippen LogP contribution < -0.4 is 5.32 Å². The summed E-state index contributed by atoms with van der Waals surface area (Å²) in [7, 11) is 0. The number of benzene rings is 1. The number of carbonyl (C=O) groups is 2. The summed E-state index contributed by atoms with van der Waals surface area (Å²) in [6.07, 6.45) is 3.58. The van der Waals surface area contributed by atoms with Crippen LogP contribution in [0, 0.1) is 17.0 Å². The van der Waals surface area contributed by atoms with Gasteiger partial charge in [-0.25, -0.2) is 13.6 Å². The van der Waals surface area contributed by atoms with Crippen molar-refractivity contribution in [3.05, 3.63) is 52.3 Å². The van der Waals surface area contributed by atoms with Gasteiger partial charge in [0, 0.05) is 38.8 Å². The number of nitrogens with one attached hydrogen (secondary N) is 1. The third-order valence-electron chi connectivity index (χ3n) is 6.26. The smallest absolute Gasteiger partial charge is 0.338 e. The summed E-state index contributed by atoms with van der Waals surface area (Å²) in [5.74, 6) is -2.53. The monoisotopic (exact) mass is 447 g/mol. The fourth-order valence-corrected chi connectivity index (χ4v) is 4.49. The van der Waals surface area contributed by atoms with E-state index in [9.17, 15) is 18.4 Å². The first-order valence-electron chi connectivity index (χ1n) is 11.0. The lowest BCUT2D eigenvalue weighted by molar-refractivity contribution is 0.0152. The van der Waals surface area contributed by atoms with Crippen molar-refractivity contribution in [2.75, 3.05) is 26.4 Å². The van der Waals surface area contributed by atoms with Crippen molar-refractivity contribution in [1.29, 1.82) is 0 Å². The van der Waals surface area contributed by atoms with Gasteiger partial charge in [0.15, 0.2) is 0 Å². The maximum atomic E-state index is 13.3. The fourth-order valence-electron chi connectivity index (χ4n) is 4.49. The van der Waals surface area contributed by atoms with E-state index < -0.39 is 17.6 Å². The molecule has 0 radical (unpaired) electrons. The molecule has 0 aliphatic carbocycles. The third kappa shape index (κ3) is 4.67. The third-order valence-corrected chi connectivity index (χ3v) is 6.26. The van der Waals surface area contributed by atoms with Crippen molar-refractivity contribution in [2.24, 2.45) is 5.41 Å². The zero-order chi connectivity index (χ0) is 22.7. The van der Waals surface area contributed by atoms with E-state index in [1.165, 1.54) is 0 Å². The second-order valence-corrected chi connectivity index (χ2v) is 8.46. The number of halogens is 2. The molecule has 2 aliphatic heterocycles. The Morgan fingerprint density at radius 2 is 1.97 bits per heavy atom. The lowest BCUT2D eigenvalue weighted by Gasteiger charge is -2.36. The molecule has 4 rings (SSSR count). The Balaban J connectivity index is 1.45. The molecule has 0 atom stereocenters. The highest BCUT2D eigenvalue weighted by Crippen LogP contribution is 2.37. The summed E-state index contributed by atoms with van der Waals surface area (Å²) in [5, 5.41) is 7.74. The summed E-state index contributed by atoms with van der Waals surface area (Å²) < 4.78 is 39.2. The number of esters is 1. The Morgan fingerprint density at radius 3 is 2.66 bits per heavy atom. The average molecular weight is 447 g/mol. The second-order valence-electron chi connectivity index (χ2n) is 8.46.